The molecule has 0 atom stereocenters. The van der Waals surface area contributed by atoms with Crippen molar-refractivity contribution in [1.82, 2.24) is 9.78 Å². The number of aryl methyl sites for hydroxylation is 1. The molecule has 0 aliphatic carbocycles. The van der Waals surface area contributed by atoms with Crippen molar-refractivity contribution in [3.05, 3.63) is 35.9 Å². The van der Waals surface area contributed by atoms with E-state index in [1.165, 1.54) is 10.9 Å². The van der Waals surface area contributed by atoms with Crippen LogP contribution < -0.4 is 5.32 Å². The number of alkyl halides is 2. The maximum atomic E-state index is 13.8. The summed E-state index contributed by atoms with van der Waals surface area (Å²) in [6.45, 7) is 6.24. The highest BCUT2D eigenvalue weighted by Crippen LogP contribution is 2.34. The zero-order valence-corrected chi connectivity index (χ0v) is 12.6. The first-order valence-corrected chi connectivity index (χ1v) is 6.87. The van der Waals surface area contributed by atoms with E-state index in [2.05, 4.69) is 10.4 Å². The fourth-order valence-electron chi connectivity index (χ4n) is 1.91. The number of aromatic nitrogens is 2. The minimum atomic E-state index is -2.67. The molecule has 21 heavy (non-hydrogen) atoms. The predicted octanol–water partition coefficient (Wildman–Crippen LogP) is 4.62. The SMILES string of the molecule is CC.CCNc1cc(C(F)F)c(-c2cnn(C)c2)cc1F. The van der Waals surface area contributed by atoms with E-state index in [9.17, 15) is 13.2 Å². The molecule has 0 saturated heterocycles. The van der Waals surface area contributed by atoms with Crippen LogP contribution in [-0.4, -0.2) is 16.3 Å². The number of halogens is 3. The van der Waals surface area contributed by atoms with E-state index in [-0.39, 0.29) is 16.8 Å². The lowest BCUT2D eigenvalue weighted by atomic mass is 10.0. The molecule has 0 radical (unpaired) electrons. The Balaban J connectivity index is 0.00000106. The summed E-state index contributed by atoms with van der Waals surface area (Å²) in [5.74, 6) is -0.551. The molecule has 116 valence electrons. The van der Waals surface area contributed by atoms with Gasteiger partial charge in [-0.2, -0.15) is 5.10 Å². The Morgan fingerprint density at radius 2 is 1.95 bits per heavy atom. The average molecular weight is 299 g/mol. The highest BCUT2D eigenvalue weighted by molar-refractivity contribution is 5.70. The van der Waals surface area contributed by atoms with Gasteiger partial charge in [0.2, 0.25) is 0 Å². The second kappa shape index (κ2) is 7.71. The molecule has 0 fully saturated rings. The van der Waals surface area contributed by atoms with Gasteiger partial charge in [0.15, 0.2) is 0 Å². The van der Waals surface area contributed by atoms with Crippen LogP contribution >= 0.6 is 0 Å². The predicted molar refractivity (Wildman–Crippen MR) is 79.1 cm³/mol. The molecule has 1 aromatic heterocycles. The number of nitrogens with zero attached hydrogens (tertiary/aromatic N) is 2. The van der Waals surface area contributed by atoms with Crippen LogP contribution in [0.3, 0.4) is 0 Å². The smallest absolute Gasteiger partial charge is 0.264 e. The van der Waals surface area contributed by atoms with Crippen LogP contribution in [-0.2, 0) is 7.05 Å². The Labute approximate surface area is 122 Å². The Hall–Kier alpha value is -1.98. The van der Waals surface area contributed by atoms with E-state index in [0.717, 1.165) is 12.1 Å². The van der Waals surface area contributed by atoms with Crippen molar-refractivity contribution in [2.24, 2.45) is 7.05 Å². The first-order valence-electron chi connectivity index (χ1n) is 6.87. The first kappa shape index (κ1) is 17.1. The van der Waals surface area contributed by atoms with E-state index in [0.29, 0.717) is 12.1 Å². The van der Waals surface area contributed by atoms with Crippen LogP contribution in [0.4, 0.5) is 18.9 Å². The van der Waals surface area contributed by atoms with Crippen LogP contribution in [0.2, 0.25) is 0 Å². The third-order valence-corrected chi connectivity index (χ3v) is 2.76. The van der Waals surface area contributed by atoms with E-state index in [1.807, 2.05) is 13.8 Å². The van der Waals surface area contributed by atoms with Gasteiger partial charge in [-0.15, -0.1) is 0 Å². The van der Waals surface area contributed by atoms with Gasteiger partial charge in [-0.1, -0.05) is 13.8 Å². The monoisotopic (exact) mass is 299 g/mol. The van der Waals surface area contributed by atoms with Crippen LogP contribution in [0.25, 0.3) is 11.1 Å². The molecule has 0 spiro atoms. The normalized spacial score (nSPS) is 10.3. The van der Waals surface area contributed by atoms with Gasteiger partial charge in [0, 0.05) is 30.9 Å². The molecule has 1 aromatic carbocycles. The van der Waals surface area contributed by atoms with Crippen molar-refractivity contribution in [2.75, 3.05) is 11.9 Å². The molecule has 1 heterocycles. The molecule has 2 aromatic rings. The van der Waals surface area contributed by atoms with Gasteiger partial charge >= 0.3 is 0 Å². The van der Waals surface area contributed by atoms with Crippen molar-refractivity contribution in [2.45, 2.75) is 27.2 Å². The van der Waals surface area contributed by atoms with E-state index >= 15 is 0 Å². The van der Waals surface area contributed by atoms with Crippen LogP contribution in [0.15, 0.2) is 24.5 Å². The van der Waals surface area contributed by atoms with E-state index in [4.69, 9.17) is 0 Å². The third-order valence-electron chi connectivity index (χ3n) is 2.76. The van der Waals surface area contributed by atoms with Crippen LogP contribution in [0.5, 0.6) is 0 Å². The second-order valence-corrected chi connectivity index (χ2v) is 4.15. The topological polar surface area (TPSA) is 29.9 Å². The summed E-state index contributed by atoms with van der Waals surface area (Å²) in [5.41, 5.74) is 0.526. The molecule has 2 rings (SSSR count). The highest BCUT2D eigenvalue weighted by atomic mass is 19.3. The standard InChI is InChI=1S/C13H14F3N3.C2H6/c1-3-17-12-5-10(13(15)16)9(4-11(12)14)8-6-18-19(2)7-8;1-2/h4-7,13,17H,3H2,1-2H3;1-2H3. The second-order valence-electron chi connectivity index (χ2n) is 4.15. The summed E-state index contributed by atoms with van der Waals surface area (Å²) in [6.07, 6.45) is 0.342. The van der Waals surface area contributed by atoms with Gasteiger partial charge in [0.25, 0.3) is 6.43 Å². The van der Waals surface area contributed by atoms with Gasteiger partial charge in [-0.05, 0) is 24.6 Å². The lowest BCUT2D eigenvalue weighted by Crippen LogP contribution is -2.02. The van der Waals surface area contributed by atoms with Gasteiger partial charge in [-0.25, -0.2) is 13.2 Å². The molecule has 0 amide bonds. The van der Waals surface area contributed by atoms with Gasteiger partial charge in [-0.3, -0.25) is 4.68 Å². The van der Waals surface area contributed by atoms with Crippen molar-refractivity contribution in [3.63, 3.8) is 0 Å². The summed E-state index contributed by atoms with van der Waals surface area (Å²) in [7, 11) is 1.68. The Morgan fingerprint density at radius 1 is 1.29 bits per heavy atom. The number of hydrogen-bond acceptors (Lipinski definition) is 2. The summed E-state index contributed by atoms with van der Waals surface area (Å²) in [6, 6.07) is 2.28. The van der Waals surface area contributed by atoms with Crippen molar-refractivity contribution < 1.29 is 13.2 Å². The first-order chi connectivity index (χ1) is 10.0. The fraction of sp³-hybridized carbons (Fsp3) is 0.400. The molecule has 6 heteroatoms. The Morgan fingerprint density at radius 3 is 2.43 bits per heavy atom. The fourth-order valence-corrected chi connectivity index (χ4v) is 1.91. The third kappa shape index (κ3) is 4.00. The number of hydrogen-bond donors (Lipinski definition) is 1. The molecular formula is C15H20F3N3. The molecule has 1 N–H and O–H groups in total. The van der Waals surface area contributed by atoms with Crippen molar-refractivity contribution in [1.29, 1.82) is 0 Å². The molecule has 0 bridgehead atoms. The van der Waals surface area contributed by atoms with Crippen molar-refractivity contribution >= 4 is 5.69 Å². The summed E-state index contributed by atoms with van der Waals surface area (Å²) in [5, 5.41) is 6.64. The highest BCUT2D eigenvalue weighted by Gasteiger charge is 2.18. The quantitative estimate of drug-likeness (QED) is 0.892. The Bertz CT molecular complexity index is 580. The number of benzene rings is 1. The molecule has 0 aliphatic rings. The summed E-state index contributed by atoms with van der Waals surface area (Å²) >= 11 is 0. The summed E-state index contributed by atoms with van der Waals surface area (Å²) < 4.78 is 41.5. The van der Waals surface area contributed by atoms with Gasteiger partial charge in [0.05, 0.1) is 11.9 Å². The number of anilines is 1. The van der Waals surface area contributed by atoms with Crippen molar-refractivity contribution in [3.8, 4) is 11.1 Å². The lowest BCUT2D eigenvalue weighted by molar-refractivity contribution is 0.152. The average Bonchev–Trinajstić information content (AvgIpc) is 2.89. The lowest BCUT2D eigenvalue weighted by Gasteiger charge is -2.12. The largest absolute Gasteiger partial charge is 0.383 e. The molecule has 0 aliphatic heterocycles. The van der Waals surface area contributed by atoms with E-state index in [1.54, 1.807) is 20.2 Å². The number of nitrogens with one attached hydrogen (secondary N) is 1. The molecular weight excluding hydrogens is 279 g/mol. The Kier molecular flexibility index (Phi) is 6.27. The van der Waals surface area contributed by atoms with Gasteiger partial charge in [0.1, 0.15) is 5.82 Å². The molecule has 0 saturated carbocycles. The zero-order valence-electron chi connectivity index (χ0n) is 12.6. The molecule has 3 nitrogen and oxygen atoms in total. The van der Waals surface area contributed by atoms with Crippen LogP contribution in [0.1, 0.15) is 32.8 Å². The maximum Gasteiger partial charge on any atom is 0.264 e. The van der Waals surface area contributed by atoms with E-state index < -0.39 is 12.2 Å². The zero-order chi connectivity index (χ0) is 16.0. The minimum absolute atomic E-state index is 0.0884. The maximum absolute atomic E-state index is 13.8. The number of rotatable bonds is 4. The van der Waals surface area contributed by atoms with Crippen LogP contribution in [0, 0.1) is 5.82 Å². The summed E-state index contributed by atoms with van der Waals surface area (Å²) in [4.78, 5) is 0. The minimum Gasteiger partial charge on any atom is -0.383 e. The molecule has 0 unspecified atom stereocenters. The van der Waals surface area contributed by atoms with Gasteiger partial charge < -0.3 is 5.32 Å².